The Bertz CT molecular complexity index is 1010. The molecule has 1 atom stereocenters. The molecule has 1 heterocycles. The van der Waals surface area contributed by atoms with Crippen LogP contribution < -0.4 is 0 Å². The van der Waals surface area contributed by atoms with Gasteiger partial charge < -0.3 is 5.11 Å². The van der Waals surface area contributed by atoms with E-state index in [1.165, 1.54) is 39.5 Å². The molecule has 7 heteroatoms. The number of aliphatic hydroxyl groups excluding tert-OH is 1. The Morgan fingerprint density at radius 2 is 1.81 bits per heavy atom. The fourth-order valence-corrected chi connectivity index (χ4v) is 5.46. The van der Waals surface area contributed by atoms with Gasteiger partial charge in [0.05, 0.1) is 11.3 Å². The van der Waals surface area contributed by atoms with Crippen LogP contribution in [0.25, 0.3) is 10.6 Å². The molecule has 166 valence electrons. The van der Waals surface area contributed by atoms with Crippen molar-refractivity contribution in [1.82, 2.24) is 4.98 Å². The molecular formula is C24H26F3NOS2. The van der Waals surface area contributed by atoms with Crippen molar-refractivity contribution in [2.24, 2.45) is 0 Å². The third-order valence-corrected chi connectivity index (χ3v) is 7.47. The molecule has 0 aliphatic rings. The molecule has 1 aromatic heterocycles. The Labute approximate surface area is 189 Å². The summed E-state index contributed by atoms with van der Waals surface area (Å²) in [6.45, 7) is 6.45. The molecule has 0 unspecified atom stereocenters. The summed E-state index contributed by atoms with van der Waals surface area (Å²) < 4.78 is 38.4. The third-order valence-electron chi connectivity index (χ3n) is 5.18. The van der Waals surface area contributed by atoms with Crippen LogP contribution in [-0.4, -0.2) is 22.5 Å². The quantitative estimate of drug-likeness (QED) is 0.355. The van der Waals surface area contributed by atoms with Gasteiger partial charge in [-0.25, -0.2) is 4.98 Å². The predicted molar refractivity (Wildman–Crippen MR) is 123 cm³/mol. The van der Waals surface area contributed by atoms with Gasteiger partial charge >= 0.3 is 6.18 Å². The molecule has 0 aliphatic carbocycles. The first-order valence-corrected chi connectivity index (χ1v) is 12.0. The van der Waals surface area contributed by atoms with Gasteiger partial charge in [-0.15, -0.1) is 23.1 Å². The molecule has 0 aliphatic heterocycles. The number of nitrogens with zero attached hydrogens (tertiary/aromatic N) is 1. The number of halogens is 3. The van der Waals surface area contributed by atoms with Crippen molar-refractivity contribution >= 4 is 23.1 Å². The highest BCUT2D eigenvalue weighted by Crippen LogP contribution is 2.36. The standard InChI is InChI=1S/C24H26F3NOS2/c1-15-13-21(11-8-18(15)5-4-12-29)30-14-16(2)22-17(3)31-23(28-22)19-6-9-20(10-7-19)24(25,26)27/h6-11,13,16,29H,4-5,12,14H2,1-3H3/t16-/m1/s1. The minimum atomic E-state index is -4.33. The zero-order valence-electron chi connectivity index (χ0n) is 17.8. The average molecular weight is 466 g/mol. The van der Waals surface area contributed by atoms with Crippen molar-refractivity contribution in [3.63, 3.8) is 0 Å². The molecule has 0 fully saturated rings. The van der Waals surface area contributed by atoms with E-state index < -0.39 is 11.7 Å². The number of rotatable bonds is 8. The summed E-state index contributed by atoms with van der Waals surface area (Å²) >= 11 is 3.30. The highest BCUT2D eigenvalue weighted by atomic mass is 32.2. The first-order chi connectivity index (χ1) is 14.7. The molecular weight excluding hydrogens is 439 g/mol. The Morgan fingerprint density at radius 1 is 1.10 bits per heavy atom. The van der Waals surface area contributed by atoms with Crippen LogP contribution in [0.1, 0.15) is 46.5 Å². The van der Waals surface area contributed by atoms with Crippen LogP contribution in [0, 0.1) is 13.8 Å². The van der Waals surface area contributed by atoms with Crippen molar-refractivity contribution in [1.29, 1.82) is 0 Å². The maximum Gasteiger partial charge on any atom is 0.416 e. The van der Waals surface area contributed by atoms with Crippen molar-refractivity contribution in [3.8, 4) is 10.6 Å². The van der Waals surface area contributed by atoms with Gasteiger partial charge in [-0.05, 0) is 62.1 Å². The van der Waals surface area contributed by atoms with Crippen LogP contribution in [0.4, 0.5) is 13.2 Å². The van der Waals surface area contributed by atoms with Crippen molar-refractivity contribution in [2.75, 3.05) is 12.4 Å². The van der Waals surface area contributed by atoms with Crippen LogP contribution in [-0.2, 0) is 12.6 Å². The molecule has 0 bridgehead atoms. The number of benzene rings is 2. The van der Waals surface area contributed by atoms with Crippen molar-refractivity contribution in [2.45, 2.75) is 50.6 Å². The minimum absolute atomic E-state index is 0.203. The highest BCUT2D eigenvalue weighted by molar-refractivity contribution is 7.99. The molecule has 3 aromatic rings. The van der Waals surface area contributed by atoms with E-state index in [2.05, 4.69) is 32.0 Å². The van der Waals surface area contributed by atoms with E-state index in [0.29, 0.717) is 5.56 Å². The van der Waals surface area contributed by atoms with Crippen LogP contribution >= 0.6 is 23.1 Å². The van der Waals surface area contributed by atoms with Crippen LogP contribution in [0.2, 0.25) is 0 Å². The van der Waals surface area contributed by atoms with E-state index in [4.69, 9.17) is 10.1 Å². The Kier molecular flexibility index (Phi) is 7.83. The third kappa shape index (κ3) is 6.11. The predicted octanol–water partition coefficient (Wildman–Crippen LogP) is 7.27. The fourth-order valence-electron chi connectivity index (χ4n) is 3.40. The monoisotopic (exact) mass is 465 g/mol. The normalized spacial score (nSPS) is 12.9. The van der Waals surface area contributed by atoms with Crippen molar-refractivity contribution in [3.05, 3.63) is 69.7 Å². The molecule has 3 rings (SSSR count). The summed E-state index contributed by atoms with van der Waals surface area (Å²) in [5.41, 5.74) is 3.57. The smallest absolute Gasteiger partial charge is 0.396 e. The highest BCUT2D eigenvalue weighted by Gasteiger charge is 2.30. The molecule has 0 saturated carbocycles. The van der Waals surface area contributed by atoms with Crippen molar-refractivity contribution < 1.29 is 18.3 Å². The lowest BCUT2D eigenvalue weighted by Gasteiger charge is -2.12. The van der Waals surface area contributed by atoms with Gasteiger partial charge in [0, 0.05) is 33.6 Å². The molecule has 2 nitrogen and oxygen atoms in total. The first-order valence-electron chi connectivity index (χ1n) is 10.2. The maximum atomic E-state index is 12.8. The second kappa shape index (κ2) is 10.2. The zero-order chi connectivity index (χ0) is 22.6. The first kappa shape index (κ1) is 23.8. The SMILES string of the molecule is Cc1cc(SC[C@@H](C)c2nc(-c3ccc(C(F)(F)F)cc3)sc2C)ccc1CCCO. The number of thiazole rings is 1. The van der Waals surface area contributed by atoms with E-state index >= 15 is 0 Å². The van der Waals surface area contributed by atoms with Crippen LogP contribution in [0.3, 0.4) is 0 Å². The number of aryl methyl sites for hydroxylation is 3. The number of alkyl halides is 3. The molecule has 0 amide bonds. The molecule has 0 saturated heterocycles. The van der Waals surface area contributed by atoms with E-state index in [-0.39, 0.29) is 12.5 Å². The lowest BCUT2D eigenvalue weighted by molar-refractivity contribution is -0.137. The number of hydrogen-bond acceptors (Lipinski definition) is 4. The maximum absolute atomic E-state index is 12.8. The van der Waals surface area contributed by atoms with E-state index in [1.54, 1.807) is 11.8 Å². The molecule has 31 heavy (non-hydrogen) atoms. The van der Waals surface area contributed by atoms with Gasteiger partial charge in [0.1, 0.15) is 5.01 Å². The zero-order valence-corrected chi connectivity index (χ0v) is 19.4. The van der Waals surface area contributed by atoms with Gasteiger partial charge in [-0.3, -0.25) is 0 Å². The molecule has 2 aromatic carbocycles. The molecule has 1 N–H and O–H groups in total. The second-order valence-corrected chi connectivity index (χ2v) is 9.96. The average Bonchev–Trinajstić information content (AvgIpc) is 3.12. The van der Waals surface area contributed by atoms with Gasteiger partial charge in [0.15, 0.2) is 0 Å². The van der Waals surface area contributed by atoms with Gasteiger partial charge in [-0.2, -0.15) is 13.2 Å². The molecule has 0 spiro atoms. The van der Waals surface area contributed by atoms with E-state index in [9.17, 15) is 13.2 Å². The number of thioether (sulfide) groups is 1. The lowest BCUT2D eigenvalue weighted by Crippen LogP contribution is -2.04. The second-order valence-electron chi connectivity index (χ2n) is 7.66. The summed E-state index contributed by atoms with van der Waals surface area (Å²) in [6.07, 6.45) is -2.67. The summed E-state index contributed by atoms with van der Waals surface area (Å²) in [5.74, 6) is 1.09. The van der Waals surface area contributed by atoms with Gasteiger partial charge in [0.25, 0.3) is 0 Å². The lowest BCUT2D eigenvalue weighted by atomic mass is 10.0. The largest absolute Gasteiger partial charge is 0.416 e. The molecule has 0 radical (unpaired) electrons. The summed E-state index contributed by atoms with van der Waals surface area (Å²) in [7, 11) is 0. The summed E-state index contributed by atoms with van der Waals surface area (Å²) in [4.78, 5) is 7.05. The number of hydrogen-bond donors (Lipinski definition) is 1. The topological polar surface area (TPSA) is 33.1 Å². The van der Waals surface area contributed by atoms with E-state index in [0.717, 1.165) is 46.3 Å². The summed E-state index contributed by atoms with van der Waals surface area (Å²) in [5, 5.41) is 9.77. The van der Waals surface area contributed by atoms with Crippen LogP contribution in [0.15, 0.2) is 47.4 Å². The fraction of sp³-hybridized carbons (Fsp3) is 0.375. The number of aliphatic hydroxyl groups is 1. The van der Waals surface area contributed by atoms with Gasteiger partial charge in [-0.1, -0.05) is 25.1 Å². The Balaban J connectivity index is 1.67. The van der Waals surface area contributed by atoms with E-state index in [1.807, 2.05) is 6.92 Å². The van der Waals surface area contributed by atoms with Crippen LogP contribution in [0.5, 0.6) is 0 Å². The Hall–Kier alpha value is -1.83. The summed E-state index contributed by atoms with van der Waals surface area (Å²) in [6, 6.07) is 11.6. The number of aromatic nitrogens is 1. The van der Waals surface area contributed by atoms with Gasteiger partial charge in [0.2, 0.25) is 0 Å². The Morgan fingerprint density at radius 3 is 2.42 bits per heavy atom. The minimum Gasteiger partial charge on any atom is -0.396 e.